The molecule has 0 fully saturated rings. The molecule has 6 heteroatoms. The van der Waals surface area contributed by atoms with E-state index in [-0.39, 0.29) is 18.2 Å². The number of ketones is 2. The highest BCUT2D eigenvalue weighted by atomic mass is 127. The summed E-state index contributed by atoms with van der Waals surface area (Å²) in [5.41, 5.74) is 9.93. The molecule has 0 spiro atoms. The molecule has 142 valence electrons. The van der Waals surface area contributed by atoms with E-state index in [0.717, 1.165) is 44.1 Å². The lowest BCUT2D eigenvalue weighted by atomic mass is 10.0. The lowest BCUT2D eigenvalue weighted by Crippen LogP contribution is -1.95. The van der Waals surface area contributed by atoms with Crippen LogP contribution in [0.3, 0.4) is 0 Å². The molecule has 0 unspecified atom stereocenters. The van der Waals surface area contributed by atoms with Gasteiger partial charge in [0.05, 0.1) is 0 Å². The molecule has 0 aliphatic heterocycles. The third-order valence-corrected chi connectivity index (χ3v) is 5.12. The highest BCUT2D eigenvalue weighted by Gasteiger charge is 2.06. The number of rotatable bonds is 5. The Balaban J connectivity index is 0.000000208. The monoisotopic (exact) mass is 478 g/mol. The number of aromatic amines is 1. The van der Waals surface area contributed by atoms with Crippen molar-refractivity contribution in [2.24, 2.45) is 0 Å². The second-order valence-electron chi connectivity index (χ2n) is 6.25. The number of nitrogen functional groups attached to an aromatic ring is 1. The van der Waals surface area contributed by atoms with Crippen LogP contribution in [0.1, 0.15) is 46.5 Å². The number of carbonyl (C=O) groups excluding carboxylic acids is 2. The van der Waals surface area contributed by atoms with Gasteiger partial charge in [0.2, 0.25) is 0 Å². The van der Waals surface area contributed by atoms with E-state index in [1.54, 1.807) is 32.0 Å². The van der Waals surface area contributed by atoms with Gasteiger partial charge in [-0.15, -0.1) is 0 Å². The Morgan fingerprint density at radius 3 is 2.30 bits per heavy atom. The molecule has 3 rings (SSSR count). The van der Waals surface area contributed by atoms with E-state index in [1.165, 1.54) is 0 Å². The van der Waals surface area contributed by atoms with Crippen LogP contribution in [0.4, 0.5) is 5.69 Å². The Morgan fingerprint density at radius 1 is 1.07 bits per heavy atom. The lowest BCUT2D eigenvalue weighted by molar-refractivity contribution is 0.100. The van der Waals surface area contributed by atoms with Crippen LogP contribution < -0.4 is 5.73 Å². The number of benzene rings is 2. The number of nitrogens with two attached hydrogens (primary N) is 1. The molecule has 4 N–H and O–H groups in total. The average molecular weight is 478 g/mol. The molecular formula is C21H23IN2O3. The number of Topliss-reactive ketones (excluding diaryl/α,β-unsaturated/α-hetero) is 2. The van der Waals surface area contributed by atoms with Crippen molar-refractivity contribution in [2.45, 2.75) is 26.7 Å². The summed E-state index contributed by atoms with van der Waals surface area (Å²) in [7, 11) is 0. The second kappa shape index (κ2) is 9.66. The Kier molecular flexibility index (Phi) is 7.55. The third-order valence-electron chi connectivity index (χ3n) is 4.19. The van der Waals surface area contributed by atoms with Gasteiger partial charge in [0.25, 0.3) is 0 Å². The van der Waals surface area contributed by atoms with Gasteiger partial charge in [-0.25, -0.2) is 0 Å². The Labute approximate surface area is 172 Å². The van der Waals surface area contributed by atoms with Gasteiger partial charge >= 0.3 is 0 Å². The van der Waals surface area contributed by atoms with Gasteiger partial charge in [-0.2, -0.15) is 0 Å². The molecule has 27 heavy (non-hydrogen) atoms. The number of fused-ring (bicyclic) bond motifs is 1. The molecule has 0 amide bonds. The molecule has 1 aromatic heterocycles. The van der Waals surface area contributed by atoms with Gasteiger partial charge in [-0.1, -0.05) is 0 Å². The zero-order valence-corrected chi connectivity index (χ0v) is 17.5. The van der Waals surface area contributed by atoms with E-state index in [0.29, 0.717) is 5.56 Å². The minimum atomic E-state index is 0.0721. The third kappa shape index (κ3) is 5.64. The topological polar surface area (TPSA) is 96.2 Å². The standard InChI is InChI=1S/C13H15NO2.C8H8INO/c1-9(16)10-4-5-13-12(7-10)11(8-14-13)3-2-6-15;1-5(11)6-2-3-8(10)7(9)4-6/h4-5,7-8,14-15H,2-3,6H2,1H3;2-4H,10H2,1H3. The smallest absolute Gasteiger partial charge is 0.159 e. The summed E-state index contributed by atoms with van der Waals surface area (Å²) in [4.78, 5) is 25.3. The number of carbonyl (C=O) groups is 2. The molecule has 1 heterocycles. The van der Waals surface area contributed by atoms with Gasteiger partial charge in [-0.3, -0.25) is 9.59 Å². The zero-order chi connectivity index (χ0) is 20.0. The van der Waals surface area contributed by atoms with Gasteiger partial charge in [0, 0.05) is 44.1 Å². The Morgan fingerprint density at radius 2 is 1.70 bits per heavy atom. The summed E-state index contributed by atoms with van der Waals surface area (Å²) in [6, 6.07) is 10.9. The van der Waals surface area contributed by atoms with E-state index in [9.17, 15) is 9.59 Å². The van der Waals surface area contributed by atoms with E-state index in [4.69, 9.17) is 10.8 Å². The summed E-state index contributed by atoms with van der Waals surface area (Å²) in [6.07, 6.45) is 3.53. The second-order valence-corrected chi connectivity index (χ2v) is 7.41. The van der Waals surface area contributed by atoms with Crippen LogP contribution >= 0.6 is 22.6 Å². The maximum Gasteiger partial charge on any atom is 0.159 e. The van der Waals surface area contributed by atoms with Crippen molar-refractivity contribution < 1.29 is 14.7 Å². The van der Waals surface area contributed by atoms with Crippen molar-refractivity contribution in [1.29, 1.82) is 0 Å². The van der Waals surface area contributed by atoms with Crippen LogP contribution in [0.25, 0.3) is 10.9 Å². The van der Waals surface area contributed by atoms with Crippen LogP contribution in [0, 0.1) is 3.57 Å². The van der Waals surface area contributed by atoms with Gasteiger partial charge in [-0.05, 0) is 91.2 Å². The molecule has 0 atom stereocenters. The fraction of sp³-hybridized carbons (Fsp3) is 0.238. The fourth-order valence-electron chi connectivity index (χ4n) is 2.62. The maximum absolute atomic E-state index is 11.3. The van der Waals surface area contributed by atoms with Gasteiger partial charge in [0.1, 0.15) is 0 Å². The molecule has 0 saturated carbocycles. The highest BCUT2D eigenvalue weighted by molar-refractivity contribution is 14.1. The molecule has 3 aromatic rings. The molecule has 0 aliphatic rings. The van der Waals surface area contributed by atoms with Gasteiger partial charge in [0.15, 0.2) is 11.6 Å². The number of aryl methyl sites for hydroxylation is 1. The number of aliphatic hydroxyl groups excluding tert-OH is 1. The molecule has 0 bridgehead atoms. The fourth-order valence-corrected chi connectivity index (χ4v) is 3.14. The average Bonchev–Trinajstić information content (AvgIpc) is 3.04. The van der Waals surface area contributed by atoms with E-state index in [2.05, 4.69) is 27.6 Å². The number of nitrogens with one attached hydrogen (secondary N) is 1. The van der Waals surface area contributed by atoms with Crippen molar-refractivity contribution >= 4 is 50.7 Å². The molecule has 0 saturated heterocycles. The quantitative estimate of drug-likeness (QED) is 0.288. The number of hydrogen-bond acceptors (Lipinski definition) is 4. The lowest BCUT2D eigenvalue weighted by Gasteiger charge is -1.99. The first kappa shape index (κ1) is 21.1. The van der Waals surface area contributed by atoms with Gasteiger partial charge < -0.3 is 15.8 Å². The number of H-pyrrole nitrogens is 1. The van der Waals surface area contributed by atoms with E-state index in [1.807, 2.05) is 24.4 Å². The largest absolute Gasteiger partial charge is 0.398 e. The van der Waals surface area contributed by atoms with E-state index >= 15 is 0 Å². The number of hydrogen-bond donors (Lipinski definition) is 3. The molecular weight excluding hydrogens is 455 g/mol. The van der Waals surface area contributed by atoms with Crippen LogP contribution in [-0.2, 0) is 6.42 Å². The number of anilines is 1. The first-order valence-corrected chi connectivity index (χ1v) is 9.69. The van der Waals surface area contributed by atoms with Crippen LogP contribution in [0.5, 0.6) is 0 Å². The summed E-state index contributed by atoms with van der Waals surface area (Å²) < 4.78 is 0.926. The van der Waals surface area contributed by atoms with Crippen molar-refractivity contribution in [3.63, 3.8) is 0 Å². The van der Waals surface area contributed by atoms with Crippen LogP contribution in [0.2, 0.25) is 0 Å². The van der Waals surface area contributed by atoms with E-state index < -0.39 is 0 Å². The summed E-state index contributed by atoms with van der Waals surface area (Å²) >= 11 is 2.11. The van der Waals surface area contributed by atoms with Crippen molar-refractivity contribution in [3.05, 3.63) is 62.9 Å². The number of aromatic nitrogens is 1. The zero-order valence-electron chi connectivity index (χ0n) is 15.4. The van der Waals surface area contributed by atoms with Crippen LogP contribution in [0.15, 0.2) is 42.6 Å². The van der Waals surface area contributed by atoms with Crippen molar-refractivity contribution in [3.8, 4) is 0 Å². The first-order valence-electron chi connectivity index (χ1n) is 8.61. The number of halogens is 1. The molecule has 5 nitrogen and oxygen atoms in total. The SMILES string of the molecule is CC(=O)c1ccc(N)c(I)c1.CC(=O)c1ccc2[nH]cc(CCCO)c2c1. The summed E-state index contributed by atoms with van der Waals surface area (Å²) in [5, 5.41) is 9.90. The molecule has 0 radical (unpaired) electrons. The molecule has 2 aromatic carbocycles. The van der Waals surface area contributed by atoms with Crippen molar-refractivity contribution in [2.75, 3.05) is 12.3 Å². The normalized spacial score (nSPS) is 10.4. The highest BCUT2D eigenvalue weighted by Crippen LogP contribution is 2.21. The summed E-state index contributed by atoms with van der Waals surface area (Å²) in [6.45, 7) is 3.31. The minimum Gasteiger partial charge on any atom is -0.398 e. The predicted molar refractivity (Wildman–Crippen MR) is 117 cm³/mol. The number of aliphatic hydroxyl groups is 1. The van der Waals surface area contributed by atoms with Crippen LogP contribution in [-0.4, -0.2) is 28.3 Å². The summed E-state index contributed by atoms with van der Waals surface area (Å²) in [5.74, 6) is 0.152. The van der Waals surface area contributed by atoms with Crippen molar-refractivity contribution in [1.82, 2.24) is 4.98 Å². The Bertz CT molecular complexity index is 963. The molecule has 0 aliphatic carbocycles. The maximum atomic E-state index is 11.3. The Hall–Kier alpha value is -2.19. The minimum absolute atomic E-state index is 0.0721. The first-order chi connectivity index (χ1) is 12.8. The predicted octanol–water partition coefficient (Wildman–Crippen LogP) is 4.37.